The number of rotatable bonds is 6. The Bertz CT molecular complexity index is 470. The minimum Gasteiger partial charge on any atom is -0.379 e. The molecule has 1 unspecified atom stereocenters. The molecule has 0 spiro atoms. The maximum Gasteiger partial charge on any atom is 0.169 e. The molecule has 1 fully saturated rings. The van der Waals surface area contributed by atoms with Gasteiger partial charge in [0.25, 0.3) is 0 Å². The third-order valence-corrected chi connectivity index (χ3v) is 3.56. The van der Waals surface area contributed by atoms with Crippen LogP contribution in [0.25, 0.3) is 0 Å². The first-order valence-corrected chi connectivity index (χ1v) is 7.45. The smallest absolute Gasteiger partial charge is 0.169 e. The van der Waals surface area contributed by atoms with Crippen molar-refractivity contribution >= 4 is 0 Å². The molecular formula is C17H24N2O2. The maximum atomic E-state index is 5.68. The summed E-state index contributed by atoms with van der Waals surface area (Å²) < 4.78 is 10.8. The summed E-state index contributed by atoms with van der Waals surface area (Å²) >= 11 is 0. The van der Waals surface area contributed by atoms with Crippen molar-refractivity contribution in [3.63, 3.8) is 0 Å². The summed E-state index contributed by atoms with van der Waals surface area (Å²) in [6.45, 7) is 7.15. The van der Waals surface area contributed by atoms with Gasteiger partial charge in [0.05, 0.1) is 19.8 Å². The molecule has 1 aliphatic heterocycles. The number of nitrogens with two attached hydrogens (primary N) is 1. The van der Waals surface area contributed by atoms with E-state index >= 15 is 0 Å². The molecule has 0 aromatic heterocycles. The Morgan fingerprint density at radius 3 is 2.57 bits per heavy atom. The fourth-order valence-corrected chi connectivity index (χ4v) is 2.28. The van der Waals surface area contributed by atoms with Gasteiger partial charge in [-0.2, -0.15) is 0 Å². The van der Waals surface area contributed by atoms with E-state index in [1.165, 1.54) is 5.56 Å². The van der Waals surface area contributed by atoms with Gasteiger partial charge in [-0.3, -0.25) is 10.6 Å². The zero-order valence-electron chi connectivity index (χ0n) is 12.7. The molecule has 1 atom stereocenters. The summed E-state index contributed by atoms with van der Waals surface area (Å²) in [5.41, 5.74) is 8.15. The molecule has 1 aliphatic rings. The Morgan fingerprint density at radius 1 is 1.24 bits per heavy atom. The Morgan fingerprint density at radius 2 is 1.90 bits per heavy atom. The van der Waals surface area contributed by atoms with Crippen LogP contribution in [0.5, 0.6) is 0 Å². The summed E-state index contributed by atoms with van der Waals surface area (Å²) in [5, 5.41) is 0. The van der Waals surface area contributed by atoms with Gasteiger partial charge in [-0.1, -0.05) is 30.2 Å². The molecule has 114 valence electrons. The fraction of sp³-hybridized carbons (Fsp3) is 0.529. The molecule has 0 amide bonds. The lowest BCUT2D eigenvalue weighted by atomic mass is 10.1. The molecule has 4 heteroatoms. The van der Waals surface area contributed by atoms with Gasteiger partial charge in [0, 0.05) is 19.6 Å². The largest absolute Gasteiger partial charge is 0.379 e. The molecule has 1 aromatic rings. The van der Waals surface area contributed by atoms with E-state index in [-0.39, 0.29) is 0 Å². The van der Waals surface area contributed by atoms with Gasteiger partial charge in [0.2, 0.25) is 0 Å². The van der Waals surface area contributed by atoms with Crippen LogP contribution in [0.1, 0.15) is 18.1 Å². The van der Waals surface area contributed by atoms with Crippen molar-refractivity contribution < 1.29 is 9.47 Å². The van der Waals surface area contributed by atoms with Crippen molar-refractivity contribution in [1.29, 1.82) is 0 Å². The molecule has 0 bridgehead atoms. The van der Waals surface area contributed by atoms with Crippen LogP contribution in [-0.2, 0) is 22.5 Å². The highest BCUT2D eigenvalue weighted by Gasteiger charge is 2.09. The van der Waals surface area contributed by atoms with Crippen LogP contribution >= 0.6 is 0 Å². The monoisotopic (exact) mass is 288 g/mol. The molecule has 1 heterocycles. The summed E-state index contributed by atoms with van der Waals surface area (Å²) in [4.78, 5) is 2.45. The topological polar surface area (TPSA) is 47.7 Å². The summed E-state index contributed by atoms with van der Waals surface area (Å²) in [6, 6.07) is 8.52. The Kier molecular flexibility index (Phi) is 6.71. The van der Waals surface area contributed by atoms with Crippen molar-refractivity contribution in [2.24, 2.45) is 5.73 Å². The second-order valence-electron chi connectivity index (χ2n) is 5.15. The van der Waals surface area contributed by atoms with Crippen LogP contribution in [0.3, 0.4) is 0 Å². The summed E-state index contributed by atoms with van der Waals surface area (Å²) in [7, 11) is 0. The average molecular weight is 288 g/mol. The summed E-state index contributed by atoms with van der Waals surface area (Å²) in [6.07, 6.45) is 0.568. The number of hydrogen-bond acceptors (Lipinski definition) is 4. The number of nitrogens with zero attached hydrogens (tertiary/aromatic N) is 1. The number of morpholine rings is 1. The van der Waals surface area contributed by atoms with Crippen LogP contribution in [0.15, 0.2) is 24.3 Å². The second kappa shape index (κ2) is 8.81. The third kappa shape index (κ3) is 5.86. The highest BCUT2D eigenvalue weighted by atomic mass is 16.5. The van der Waals surface area contributed by atoms with E-state index in [1.54, 1.807) is 6.92 Å². The molecule has 1 aromatic carbocycles. The predicted molar refractivity (Wildman–Crippen MR) is 83.6 cm³/mol. The van der Waals surface area contributed by atoms with Crippen LogP contribution in [0.2, 0.25) is 0 Å². The Hall–Kier alpha value is -1.38. The molecule has 2 rings (SSSR count). The van der Waals surface area contributed by atoms with E-state index in [0.29, 0.717) is 6.61 Å². The van der Waals surface area contributed by atoms with E-state index in [9.17, 15) is 0 Å². The molecule has 2 N–H and O–H groups in total. The minimum absolute atomic E-state index is 0.500. The lowest BCUT2D eigenvalue weighted by molar-refractivity contribution is 0.0384. The number of ether oxygens (including phenoxy) is 2. The van der Waals surface area contributed by atoms with Gasteiger partial charge in [0.1, 0.15) is 0 Å². The van der Waals surface area contributed by atoms with Crippen LogP contribution in [-0.4, -0.2) is 44.0 Å². The average Bonchev–Trinajstić information content (AvgIpc) is 2.53. The zero-order chi connectivity index (χ0) is 14.9. The van der Waals surface area contributed by atoms with E-state index in [0.717, 1.165) is 44.8 Å². The molecule has 1 saturated heterocycles. The van der Waals surface area contributed by atoms with Gasteiger partial charge in [-0.05, 0) is 24.5 Å². The maximum absolute atomic E-state index is 5.68. The minimum atomic E-state index is -0.504. The van der Waals surface area contributed by atoms with Crippen LogP contribution in [0, 0.1) is 11.8 Å². The lowest BCUT2D eigenvalue weighted by Crippen LogP contribution is -2.37. The second-order valence-corrected chi connectivity index (χ2v) is 5.15. The SMILES string of the molecule is CC#CC(N)OCc1ccc(CCN2CCOCC2)cc1. The van der Waals surface area contributed by atoms with Gasteiger partial charge in [-0.15, -0.1) is 5.92 Å². The zero-order valence-corrected chi connectivity index (χ0v) is 12.7. The van der Waals surface area contributed by atoms with Crippen molar-refractivity contribution in [3.05, 3.63) is 35.4 Å². The molecule has 0 saturated carbocycles. The Labute approximate surface area is 127 Å². The van der Waals surface area contributed by atoms with Crippen molar-refractivity contribution in [2.75, 3.05) is 32.8 Å². The molecule has 21 heavy (non-hydrogen) atoms. The van der Waals surface area contributed by atoms with E-state index in [2.05, 4.69) is 41.0 Å². The quantitative estimate of drug-likeness (QED) is 0.635. The molecular weight excluding hydrogens is 264 g/mol. The van der Waals surface area contributed by atoms with Crippen LogP contribution < -0.4 is 5.73 Å². The molecule has 4 nitrogen and oxygen atoms in total. The van der Waals surface area contributed by atoms with Gasteiger partial charge < -0.3 is 9.47 Å². The number of benzene rings is 1. The van der Waals surface area contributed by atoms with E-state index in [4.69, 9.17) is 15.2 Å². The summed E-state index contributed by atoms with van der Waals surface area (Å²) in [5.74, 6) is 5.52. The highest BCUT2D eigenvalue weighted by Crippen LogP contribution is 2.08. The van der Waals surface area contributed by atoms with Crippen molar-refractivity contribution in [3.8, 4) is 11.8 Å². The Balaban J connectivity index is 1.74. The van der Waals surface area contributed by atoms with E-state index in [1.807, 2.05) is 0 Å². The standard InChI is InChI=1S/C17H24N2O2/c1-2-3-17(18)21-14-16-6-4-15(5-7-16)8-9-19-10-12-20-13-11-19/h4-7,17H,8-14,18H2,1H3. The van der Waals surface area contributed by atoms with E-state index < -0.39 is 6.23 Å². The normalized spacial score (nSPS) is 17.0. The lowest BCUT2D eigenvalue weighted by Gasteiger charge is -2.26. The first-order chi connectivity index (χ1) is 10.3. The van der Waals surface area contributed by atoms with Crippen molar-refractivity contribution in [1.82, 2.24) is 4.90 Å². The van der Waals surface area contributed by atoms with Gasteiger partial charge in [-0.25, -0.2) is 0 Å². The first kappa shape index (κ1) is 16.0. The first-order valence-electron chi connectivity index (χ1n) is 7.45. The van der Waals surface area contributed by atoms with Crippen molar-refractivity contribution in [2.45, 2.75) is 26.2 Å². The molecule has 0 radical (unpaired) electrons. The number of hydrogen-bond donors (Lipinski definition) is 1. The predicted octanol–water partition coefficient (Wildman–Crippen LogP) is 1.39. The molecule has 0 aliphatic carbocycles. The van der Waals surface area contributed by atoms with Gasteiger partial charge >= 0.3 is 0 Å². The van der Waals surface area contributed by atoms with Gasteiger partial charge in [0.15, 0.2) is 6.23 Å². The fourth-order valence-electron chi connectivity index (χ4n) is 2.28. The highest BCUT2D eigenvalue weighted by molar-refractivity contribution is 5.22. The third-order valence-electron chi connectivity index (χ3n) is 3.56. The van der Waals surface area contributed by atoms with Crippen LogP contribution in [0.4, 0.5) is 0 Å².